The van der Waals surface area contributed by atoms with Gasteiger partial charge in [0, 0.05) is 13.0 Å². The number of benzene rings is 2. The highest BCUT2D eigenvalue weighted by Gasteiger charge is 2.39. The number of anilines is 3. The average Bonchev–Trinajstić information content (AvgIpc) is 3.14. The molecule has 0 spiro atoms. The summed E-state index contributed by atoms with van der Waals surface area (Å²) in [5, 5.41) is 2.68. The lowest BCUT2D eigenvalue weighted by Gasteiger charge is -2.31. The lowest BCUT2D eigenvalue weighted by Crippen LogP contribution is -2.47. The van der Waals surface area contributed by atoms with Crippen molar-refractivity contribution in [2.45, 2.75) is 19.4 Å². The molecule has 1 fully saturated rings. The van der Waals surface area contributed by atoms with Crippen LogP contribution in [0.5, 0.6) is 0 Å². The second kappa shape index (κ2) is 8.17. The van der Waals surface area contributed by atoms with Gasteiger partial charge < -0.3 is 15.0 Å². The molecule has 2 unspecified atom stereocenters. The van der Waals surface area contributed by atoms with Crippen LogP contribution < -0.4 is 15.1 Å². The Kier molecular flexibility index (Phi) is 5.41. The molecule has 4 rings (SSSR count). The predicted octanol–water partition coefficient (Wildman–Crippen LogP) is 2.10. The topological polar surface area (TPSA) is 96.0 Å². The average molecular weight is 425 g/mol. The molecule has 1 saturated heterocycles. The molecule has 160 valence electrons. The Morgan fingerprint density at radius 1 is 1.10 bits per heavy atom. The first-order valence-corrected chi connectivity index (χ1v) is 9.81. The number of nitrogens with one attached hydrogen (secondary N) is 1. The maximum absolute atomic E-state index is 14.0. The quantitative estimate of drug-likeness (QED) is 0.757. The molecule has 1 N–H and O–H groups in total. The molecule has 2 heterocycles. The second-order valence-electron chi connectivity index (χ2n) is 7.43. The lowest BCUT2D eigenvalue weighted by atomic mass is 10.1. The highest BCUT2D eigenvalue weighted by Crippen LogP contribution is 2.31. The van der Waals surface area contributed by atoms with Gasteiger partial charge in [0.05, 0.1) is 23.0 Å². The summed E-state index contributed by atoms with van der Waals surface area (Å²) in [6.07, 6.45) is -1.30. The van der Waals surface area contributed by atoms with Gasteiger partial charge in [0.1, 0.15) is 12.4 Å². The van der Waals surface area contributed by atoms with Gasteiger partial charge in [-0.2, -0.15) is 0 Å². The minimum absolute atomic E-state index is 0.0333. The van der Waals surface area contributed by atoms with E-state index in [-0.39, 0.29) is 31.1 Å². The molecule has 0 bridgehead atoms. The van der Waals surface area contributed by atoms with Crippen LogP contribution >= 0.6 is 0 Å². The summed E-state index contributed by atoms with van der Waals surface area (Å²) in [5.41, 5.74) is 1.10. The fraction of sp³-hybridized carbons (Fsp3) is 0.273. The number of fused-ring (bicyclic) bond motifs is 1. The Balaban J connectivity index is 1.43. The number of halogens is 1. The van der Waals surface area contributed by atoms with E-state index in [1.807, 2.05) is 0 Å². The molecular weight excluding hydrogens is 405 g/mol. The van der Waals surface area contributed by atoms with Gasteiger partial charge in [0.15, 0.2) is 6.10 Å². The molecule has 2 atom stereocenters. The van der Waals surface area contributed by atoms with Gasteiger partial charge in [-0.15, -0.1) is 0 Å². The van der Waals surface area contributed by atoms with Crippen molar-refractivity contribution in [3.8, 4) is 0 Å². The standard InChI is InChI=1S/C22H20FN3O5/c1-13(21(29)26-12-19(27)24-16-7-3-5-9-18(16)26)31-22(30)14-10-20(28)25(11-14)17-8-4-2-6-15(17)23/h2-9,13-14H,10-12H2,1H3,(H,24,27). The van der Waals surface area contributed by atoms with E-state index in [2.05, 4.69) is 5.32 Å². The first kappa shape index (κ1) is 20.5. The van der Waals surface area contributed by atoms with Crippen molar-refractivity contribution < 1.29 is 28.3 Å². The van der Waals surface area contributed by atoms with Gasteiger partial charge in [-0.1, -0.05) is 24.3 Å². The van der Waals surface area contributed by atoms with E-state index >= 15 is 0 Å². The van der Waals surface area contributed by atoms with Crippen molar-refractivity contribution in [1.29, 1.82) is 0 Å². The van der Waals surface area contributed by atoms with E-state index in [1.54, 1.807) is 30.3 Å². The van der Waals surface area contributed by atoms with Crippen molar-refractivity contribution in [1.82, 2.24) is 0 Å². The van der Waals surface area contributed by atoms with E-state index in [0.29, 0.717) is 11.4 Å². The monoisotopic (exact) mass is 425 g/mol. The highest BCUT2D eigenvalue weighted by molar-refractivity contribution is 6.11. The van der Waals surface area contributed by atoms with Gasteiger partial charge in [0.2, 0.25) is 11.8 Å². The van der Waals surface area contributed by atoms with Crippen LogP contribution in [0.2, 0.25) is 0 Å². The number of carbonyl (C=O) groups excluding carboxylic acids is 4. The van der Waals surface area contributed by atoms with Crippen LogP contribution in [0, 0.1) is 11.7 Å². The predicted molar refractivity (Wildman–Crippen MR) is 110 cm³/mol. The molecule has 2 aromatic carbocycles. The zero-order valence-electron chi connectivity index (χ0n) is 16.7. The van der Waals surface area contributed by atoms with Crippen molar-refractivity contribution in [2.24, 2.45) is 5.92 Å². The number of hydrogen-bond acceptors (Lipinski definition) is 5. The second-order valence-corrected chi connectivity index (χ2v) is 7.43. The molecule has 3 amide bonds. The van der Waals surface area contributed by atoms with Crippen LogP contribution in [0.3, 0.4) is 0 Å². The number of amides is 3. The Morgan fingerprint density at radius 3 is 2.52 bits per heavy atom. The Hall–Kier alpha value is -3.75. The maximum Gasteiger partial charge on any atom is 0.312 e. The number of carbonyl (C=O) groups is 4. The molecule has 31 heavy (non-hydrogen) atoms. The molecule has 8 nitrogen and oxygen atoms in total. The Bertz CT molecular complexity index is 1070. The van der Waals surface area contributed by atoms with E-state index in [1.165, 1.54) is 34.9 Å². The normalized spacial score (nSPS) is 19.0. The summed E-state index contributed by atoms with van der Waals surface area (Å²) in [7, 11) is 0. The van der Waals surface area contributed by atoms with Crippen LogP contribution in [-0.4, -0.2) is 42.9 Å². The van der Waals surface area contributed by atoms with Gasteiger partial charge in [-0.3, -0.25) is 24.1 Å². The molecule has 2 aromatic rings. The van der Waals surface area contributed by atoms with Crippen LogP contribution in [0.4, 0.5) is 21.5 Å². The van der Waals surface area contributed by atoms with Gasteiger partial charge in [-0.25, -0.2) is 4.39 Å². The third-order valence-electron chi connectivity index (χ3n) is 5.28. The zero-order valence-corrected chi connectivity index (χ0v) is 16.7. The summed E-state index contributed by atoms with van der Waals surface area (Å²) in [6, 6.07) is 12.6. The number of nitrogens with zero attached hydrogens (tertiary/aromatic N) is 2. The summed E-state index contributed by atoms with van der Waals surface area (Å²) in [5.74, 6) is -3.40. The minimum Gasteiger partial charge on any atom is -0.452 e. The molecule has 9 heteroatoms. The summed E-state index contributed by atoms with van der Waals surface area (Å²) in [6.45, 7) is 1.19. The Morgan fingerprint density at radius 2 is 1.77 bits per heavy atom. The molecular formula is C22H20FN3O5. The van der Waals surface area contributed by atoms with Crippen LogP contribution in [-0.2, 0) is 23.9 Å². The SMILES string of the molecule is CC(OC(=O)C1CC(=O)N(c2ccccc2F)C1)C(=O)N1CC(=O)Nc2ccccc21. The van der Waals surface area contributed by atoms with Crippen molar-refractivity contribution in [3.63, 3.8) is 0 Å². The number of ether oxygens (including phenoxy) is 1. The van der Waals surface area contributed by atoms with Gasteiger partial charge in [-0.05, 0) is 31.2 Å². The van der Waals surface area contributed by atoms with Crippen LogP contribution in [0.25, 0.3) is 0 Å². The van der Waals surface area contributed by atoms with Crippen LogP contribution in [0.1, 0.15) is 13.3 Å². The van der Waals surface area contributed by atoms with E-state index in [9.17, 15) is 23.6 Å². The lowest BCUT2D eigenvalue weighted by molar-refractivity contribution is -0.157. The van der Waals surface area contributed by atoms with E-state index < -0.39 is 35.6 Å². The zero-order chi connectivity index (χ0) is 22.1. The fourth-order valence-electron chi connectivity index (χ4n) is 3.74. The smallest absolute Gasteiger partial charge is 0.312 e. The number of hydrogen-bond donors (Lipinski definition) is 1. The van der Waals surface area contributed by atoms with Crippen molar-refractivity contribution >= 4 is 40.8 Å². The third kappa shape index (κ3) is 3.98. The summed E-state index contributed by atoms with van der Waals surface area (Å²) < 4.78 is 19.4. The largest absolute Gasteiger partial charge is 0.452 e. The fourth-order valence-corrected chi connectivity index (χ4v) is 3.74. The minimum atomic E-state index is -1.16. The third-order valence-corrected chi connectivity index (χ3v) is 5.28. The number of para-hydroxylation sites is 3. The maximum atomic E-state index is 14.0. The highest BCUT2D eigenvalue weighted by atomic mass is 19.1. The Labute approximate surface area is 177 Å². The first-order valence-electron chi connectivity index (χ1n) is 9.81. The molecule has 0 aromatic heterocycles. The van der Waals surface area contributed by atoms with Crippen molar-refractivity contribution in [2.75, 3.05) is 28.2 Å². The summed E-state index contributed by atoms with van der Waals surface area (Å²) in [4.78, 5) is 52.2. The molecule has 0 saturated carbocycles. The van der Waals surface area contributed by atoms with Crippen LogP contribution in [0.15, 0.2) is 48.5 Å². The molecule has 2 aliphatic heterocycles. The number of rotatable bonds is 4. The first-order chi connectivity index (χ1) is 14.8. The van der Waals surface area contributed by atoms with Gasteiger partial charge in [0.25, 0.3) is 5.91 Å². The number of esters is 1. The molecule has 2 aliphatic rings. The molecule has 0 aliphatic carbocycles. The van der Waals surface area contributed by atoms with E-state index in [4.69, 9.17) is 4.74 Å². The van der Waals surface area contributed by atoms with Gasteiger partial charge >= 0.3 is 5.97 Å². The molecule has 0 radical (unpaired) electrons. The summed E-state index contributed by atoms with van der Waals surface area (Å²) >= 11 is 0. The van der Waals surface area contributed by atoms with E-state index in [0.717, 1.165) is 0 Å². The van der Waals surface area contributed by atoms with Crippen molar-refractivity contribution in [3.05, 3.63) is 54.3 Å².